The van der Waals surface area contributed by atoms with E-state index in [0.29, 0.717) is 13.2 Å². The summed E-state index contributed by atoms with van der Waals surface area (Å²) in [6.07, 6.45) is 5.77. The van der Waals surface area contributed by atoms with E-state index >= 15 is 0 Å². The molecule has 0 amide bonds. The van der Waals surface area contributed by atoms with Crippen molar-refractivity contribution in [3.63, 3.8) is 0 Å². The lowest BCUT2D eigenvalue weighted by Gasteiger charge is -2.37. The second-order valence-electron chi connectivity index (χ2n) is 8.28. The first kappa shape index (κ1) is 22.8. The fourth-order valence-corrected chi connectivity index (χ4v) is 7.98. The maximum Gasteiger partial charge on any atom is 0.259 e. The average Bonchev–Trinajstić information content (AvgIpc) is 2.86. The second kappa shape index (κ2) is 10.5. The lowest BCUT2D eigenvalue weighted by atomic mass is 10.1. The molecule has 0 radical (unpaired) electrons. The van der Waals surface area contributed by atoms with Gasteiger partial charge in [0.05, 0.1) is 19.2 Å². The SMILES string of the molecule is C=CC[Si](OCC(c1ccccc1)N1CC=[N+](C)C=C1O)(c1ccccc1)c1ccccc1. The predicted molar refractivity (Wildman–Crippen MR) is 138 cm³/mol. The number of hydrogen-bond acceptors (Lipinski definition) is 3. The van der Waals surface area contributed by atoms with Gasteiger partial charge in [-0.3, -0.25) is 0 Å². The average molecular weight is 456 g/mol. The molecule has 4 nitrogen and oxygen atoms in total. The van der Waals surface area contributed by atoms with Crippen LogP contribution in [0.15, 0.2) is 116 Å². The Kier molecular flexibility index (Phi) is 7.22. The van der Waals surface area contributed by atoms with Gasteiger partial charge in [0.2, 0.25) is 6.20 Å². The molecule has 0 aromatic heterocycles. The van der Waals surface area contributed by atoms with Gasteiger partial charge in [-0.1, -0.05) is 97.1 Å². The van der Waals surface area contributed by atoms with Gasteiger partial charge in [-0.25, -0.2) is 4.58 Å². The van der Waals surface area contributed by atoms with Crippen LogP contribution in [0.2, 0.25) is 6.04 Å². The van der Waals surface area contributed by atoms with Gasteiger partial charge in [0.25, 0.3) is 14.2 Å². The Morgan fingerprint density at radius 3 is 2.03 bits per heavy atom. The van der Waals surface area contributed by atoms with Crippen molar-refractivity contribution < 1.29 is 14.1 Å². The summed E-state index contributed by atoms with van der Waals surface area (Å²) in [5.41, 5.74) is 1.11. The van der Waals surface area contributed by atoms with E-state index in [-0.39, 0.29) is 11.9 Å². The monoisotopic (exact) mass is 455 g/mol. The van der Waals surface area contributed by atoms with E-state index in [2.05, 4.69) is 73.5 Å². The summed E-state index contributed by atoms with van der Waals surface area (Å²) in [4.78, 5) is 2.00. The Hall–Kier alpha value is -3.41. The highest BCUT2D eigenvalue weighted by Crippen LogP contribution is 2.27. The van der Waals surface area contributed by atoms with Crippen molar-refractivity contribution in [3.05, 3.63) is 121 Å². The van der Waals surface area contributed by atoms with Crippen LogP contribution in [-0.4, -0.2) is 49.3 Å². The normalized spacial score (nSPS) is 14.9. The largest absolute Gasteiger partial charge is 0.490 e. The molecule has 1 aliphatic rings. The van der Waals surface area contributed by atoms with Crippen LogP contribution in [0.3, 0.4) is 0 Å². The van der Waals surface area contributed by atoms with Crippen LogP contribution in [0, 0.1) is 0 Å². The minimum atomic E-state index is -2.61. The first-order valence-electron chi connectivity index (χ1n) is 11.3. The zero-order valence-electron chi connectivity index (χ0n) is 19.0. The number of rotatable bonds is 9. The molecular formula is C28H31N2O2Si+. The minimum Gasteiger partial charge on any atom is -0.490 e. The number of aliphatic hydroxyl groups is 1. The lowest BCUT2D eigenvalue weighted by molar-refractivity contribution is -0.425. The van der Waals surface area contributed by atoms with Crippen LogP contribution in [0.5, 0.6) is 0 Å². The summed E-state index contributed by atoms with van der Waals surface area (Å²) in [5.74, 6) is 0.243. The van der Waals surface area contributed by atoms with E-state index in [1.54, 1.807) is 6.20 Å². The molecule has 1 N–H and O–H groups in total. The van der Waals surface area contributed by atoms with Crippen molar-refractivity contribution in [2.45, 2.75) is 12.1 Å². The molecule has 3 aromatic carbocycles. The van der Waals surface area contributed by atoms with Crippen LogP contribution < -0.4 is 10.4 Å². The third kappa shape index (κ3) is 5.00. The summed E-state index contributed by atoms with van der Waals surface area (Å²) in [6.45, 7) is 5.13. The first-order chi connectivity index (χ1) is 16.1. The fraction of sp³-hybridized carbons (Fsp3) is 0.179. The zero-order chi connectivity index (χ0) is 23.1. The van der Waals surface area contributed by atoms with Gasteiger partial charge in [-0.05, 0) is 22.0 Å². The van der Waals surface area contributed by atoms with Gasteiger partial charge in [0, 0.05) is 0 Å². The Balaban J connectivity index is 1.74. The van der Waals surface area contributed by atoms with E-state index in [1.807, 2.05) is 52.9 Å². The second-order valence-corrected chi connectivity index (χ2v) is 11.8. The standard InChI is InChI=1S/C28H30N2O2Si/c1-3-21-33(25-15-9-5-10-16-25,26-17-11-6-12-18-26)32-23-27(24-13-7-4-8-14-24)30-20-19-29(2)22-28(30)31/h3-19,22,27H,1,20-21,23H2,2H3/p+1. The molecule has 4 rings (SSSR count). The van der Waals surface area contributed by atoms with Crippen LogP contribution in [-0.2, 0) is 4.43 Å². The van der Waals surface area contributed by atoms with E-state index < -0.39 is 8.32 Å². The molecule has 0 fully saturated rings. The highest BCUT2D eigenvalue weighted by Gasteiger charge is 2.40. The Morgan fingerprint density at radius 1 is 0.970 bits per heavy atom. The first-order valence-corrected chi connectivity index (χ1v) is 13.4. The lowest BCUT2D eigenvalue weighted by Crippen LogP contribution is -2.61. The van der Waals surface area contributed by atoms with Crippen molar-refractivity contribution in [1.29, 1.82) is 0 Å². The van der Waals surface area contributed by atoms with Gasteiger partial charge < -0.3 is 14.4 Å². The summed E-state index contributed by atoms with van der Waals surface area (Å²) in [5, 5.41) is 13.2. The van der Waals surface area contributed by atoms with E-state index in [4.69, 9.17) is 4.43 Å². The van der Waals surface area contributed by atoms with Gasteiger partial charge in [0.15, 0.2) is 6.21 Å². The third-order valence-electron chi connectivity index (χ3n) is 6.14. The number of benzene rings is 3. The minimum absolute atomic E-state index is 0.128. The van der Waals surface area contributed by atoms with Crippen molar-refractivity contribution >= 4 is 24.9 Å². The molecule has 3 aromatic rings. The van der Waals surface area contributed by atoms with Gasteiger partial charge >= 0.3 is 0 Å². The zero-order valence-corrected chi connectivity index (χ0v) is 20.0. The molecule has 1 atom stereocenters. The highest BCUT2D eigenvalue weighted by atomic mass is 28.4. The van der Waals surface area contributed by atoms with E-state index in [9.17, 15) is 5.11 Å². The van der Waals surface area contributed by atoms with Gasteiger partial charge in [-0.2, -0.15) is 0 Å². The highest BCUT2D eigenvalue weighted by molar-refractivity contribution is 6.97. The van der Waals surface area contributed by atoms with E-state index in [0.717, 1.165) is 11.6 Å². The summed E-state index contributed by atoms with van der Waals surface area (Å²) >= 11 is 0. The van der Waals surface area contributed by atoms with Crippen LogP contribution in [0.4, 0.5) is 0 Å². The molecule has 33 heavy (non-hydrogen) atoms. The summed E-state index contributed by atoms with van der Waals surface area (Å²) in [6, 6.07) is 32.0. The molecule has 168 valence electrons. The number of nitrogens with zero attached hydrogens (tertiary/aromatic N) is 2. The molecule has 0 saturated carbocycles. The number of allylic oxidation sites excluding steroid dienone is 1. The summed E-state index contributed by atoms with van der Waals surface area (Å²) in [7, 11) is -0.684. The van der Waals surface area contributed by atoms with Crippen LogP contribution >= 0.6 is 0 Å². The summed E-state index contributed by atoms with van der Waals surface area (Å²) < 4.78 is 8.94. The van der Waals surface area contributed by atoms with Crippen LogP contribution in [0.25, 0.3) is 0 Å². The van der Waals surface area contributed by atoms with E-state index in [1.165, 1.54) is 10.4 Å². The molecule has 0 bridgehead atoms. The Bertz CT molecular complexity index is 1070. The molecule has 1 unspecified atom stereocenters. The molecule has 1 aliphatic heterocycles. The fourth-order valence-electron chi connectivity index (χ4n) is 4.41. The van der Waals surface area contributed by atoms with Gasteiger partial charge in [0.1, 0.15) is 7.05 Å². The quantitative estimate of drug-likeness (QED) is 0.300. The third-order valence-corrected chi connectivity index (χ3v) is 10.2. The number of hydrogen-bond donors (Lipinski definition) is 1. The Morgan fingerprint density at radius 2 is 1.52 bits per heavy atom. The topological polar surface area (TPSA) is 35.7 Å². The van der Waals surface area contributed by atoms with Crippen molar-refractivity contribution in [2.24, 2.45) is 0 Å². The maximum atomic E-state index is 10.8. The molecule has 1 heterocycles. The van der Waals surface area contributed by atoms with Crippen LogP contribution in [0.1, 0.15) is 11.6 Å². The smallest absolute Gasteiger partial charge is 0.259 e. The molecule has 0 saturated heterocycles. The van der Waals surface area contributed by atoms with Crippen molar-refractivity contribution in [3.8, 4) is 0 Å². The van der Waals surface area contributed by atoms with Crippen molar-refractivity contribution in [1.82, 2.24) is 4.90 Å². The molecule has 5 heteroatoms. The van der Waals surface area contributed by atoms with Gasteiger partial charge in [-0.15, -0.1) is 6.58 Å². The Labute approximate surface area is 197 Å². The molecular weight excluding hydrogens is 424 g/mol. The molecule has 0 aliphatic carbocycles. The maximum absolute atomic E-state index is 10.8. The van der Waals surface area contributed by atoms with Crippen molar-refractivity contribution in [2.75, 3.05) is 20.2 Å². The predicted octanol–water partition coefficient (Wildman–Crippen LogP) is 4.08. The number of aliphatic hydroxyl groups excluding tert-OH is 1. The molecule has 0 spiro atoms.